The molecule has 3 atom stereocenters. The van der Waals surface area contributed by atoms with Gasteiger partial charge in [0.15, 0.2) is 6.10 Å². The smallest absolute Gasteiger partial charge is 0.462 e. The molecule has 0 aliphatic rings. The van der Waals surface area contributed by atoms with E-state index in [0.717, 1.165) is 116 Å². The van der Waals surface area contributed by atoms with Crippen LogP contribution < -0.4 is 0 Å². The second kappa shape index (κ2) is 48.6. The standard InChI is InChI=1S/C54H95O11P/c1-4-7-10-13-16-19-22-25-28-31-34-37-40-43-52(56)61-47-51(65-54(58)45-42-39-36-33-30-27-24-21-18-15-12-9-6-3)49-63-66(59,60)62-48-50(46-55)64-53(57)44-41-38-35-32-29-26-23-20-17-14-11-8-5-2/h7,10,16,19-21,23-25,28,50-51,55H,4-6,8-9,11-15,17-18,22,26-27,29-49H2,1-3H3,(H,59,60)/b10-7-,19-16-,23-20-,24-21-,28-25-. The number of aliphatic hydroxyl groups excluding tert-OH is 1. The largest absolute Gasteiger partial charge is 0.472 e. The Morgan fingerprint density at radius 1 is 0.439 bits per heavy atom. The lowest BCUT2D eigenvalue weighted by molar-refractivity contribution is -0.161. The van der Waals surface area contributed by atoms with Gasteiger partial charge in [0, 0.05) is 19.3 Å². The first-order valence-corrected chi connectivity index (χ1v) is 27.7. The maximum atomic E-state index is 12.8. The number of hydrogen-bond acceptors (Lipinski definition) is 10. The minimum atomic E-state index is -4.75. The van der Waals surface area contributed by atoms with Gasteiger partial charge >= 0.3 is 25.7 Å². The van der Waals surface area contributed by atoms with Crippen LogP contribution in [0.3, 0.4) is 0 Å². The zero-order valence-corrected chi connectivity index (χ0v) is 42.8. The molecule has 0 spiro atoms. The van der Waals surface area contributed by atoms with Crippen LogP contribution in [0, 0.1) is 0 Å². The molecule has 0 aliphatic carbocycles. The van der Waals surface area contributed by atoms with Crippen molar-refractivity contribution >= 4 is 25.7 Å². The molecule has 0 amide bonds. The van der Waals surface area contributed by atoms with Gasteiger partial charge in [-0.25, -0.2) is 4.57 Å². The fourth-order valence-electron chi connectivity index (χ4n) is 6.89. The highest BCUT2D eigenvalue weighted by atomic mass is 31.2. The van der Waals surface area contributed by atoms with Gasteiger partial charge in [0.1, 0.15) is 12.7 Å². The predicted octanol–water partition coefficient (Wildman–Crippen LogP) is 14.8. The molecule has 0 aromatic rings. The molecule has 0 aromatic carbocycles. The van der Waals surface area contributed by atoms with E-state index >= 15 is 0 Å². The van der Waals surface area contributed by atoms with E-state index in [9.17, 15) is 28.9 Å². The fourth-order valence-corrected chi connectivity index (χ4v) is 7.67. The molecule has 382 valence electrons. The normalized spacial score (nSPS) is 14.0. The molecule has 2 N–H and O–H groups in total. The highest BCUT2D eigenvalue weighted by Crippen LogP contribution is 2.43. The lowest BCUT2D eigenvalue weighted by atomic mass is 10.1. The molecule has 0 fully saturated rings. The summed E-state index contributed by atoms with van der Waals surface area (Å²) in [6, 6.07) is 0. The van der Waals surface area contributed by atoms with Crippen LogP contribution >= 0.6 is 7.82 Å². The summed E-state index contributed by atoms with van der Waals surface area (Å²) in [6.07, 6.45) is 50.5. The molecule has 12 heteroatoms. The SMILES string of the molecule is CC/C=C\C/C=C\C/C=C\CCCCCC(=O)OCC(COP(=O)(O)OCC(CO)OC(=O)CCCCCCC/C=C\CCCCCC)OC(=O)CCCCCCC/C=C\CCCCCC. The summed E-state index contributed by atoms with van der Waals surface area (Å²) in [7, 11) is -4.75. The predicted molar refractivity (Wildman–Crippen MR) is 270 cm³/mol. The van der Waals surface area contributed by atoms with E-state index in [0.29, 0.717) is 19.3 Å². The molecule has 0 aromatic heterocycles. The van der Waals surface area contributed by atoms with Crippen LogP contribution in [-0.4, -0.2) is 66.5 Å². The quantitative estimate of drug-likeness (QED) is 0.0197. The van der Waals surface area contributed by atoms with Crippen LogP contribution in [-0.2, 0) is 42.2 Å². The first-order valence-electron chi connectivity index (χ1n) is 26.2. The van der Waals surface area contributed by atoms with Crippen LogP contribution in [0.25, 0.3) is 0 Å². The van der Waals surface area contributed by atoms with E-state index in [1.165, 1.54) is 51.4 Å². The Morgan fingerprint density at radius 2 is 0.788 bits per heavy atom. The van der Waals surface area contributed by atoms with Crippen LogP contribution in [0.2, 0.25) is 0 Å². The third-order valence-corrected chi connectivity index (χ3v) is 11.8. The van der Waals surface area contributed by atoms with Crippen LogP contribution in [0.4, 0.5) is 0 Å². The highest BCUT2D eigenvalue weighted by molar-refractivity contribution is 7.47. The Bertz CT molecular complexity index is 1340. The van der Waals surface area contributed by atoms with Crippen molar-refractivity contribution in [3.05, 3.63) is 60.8 Å². The number of phosphoric acid groups is 1. The number of unbranched alkanes of at least 4 members (excludes halogenated alkanes) is 21. The molecule has 0 saturated carbocycles. The average molecular weight is 951 g/mol. The van der Waals surface area contributed by atoms with Gasteiger partial charge < -0.3 is 24.2 Å². The molecular weight excluding hydrogens is 856 g/mol. The van der Waals surface area contributed by atoms with E-state index in [-0.39, 0.29) is 25.9 Å². The molecule has 0 bridgehead atoms. The maximum Gasteiger partial charge on any atom is 0.472 e. The van der Waals surface area contributed by atoms with Crippen molar-refractivity contribution in [2.24, 2.45) is 0 Å². The van der Waals surface area contributed by atoms with Gasteiger partial charge in [-0.2, -0.15) is 0 Å². The van der Waals surface area contributed by atoms with Gasteiger partial charge in [0.05, 0.1) is 19.8 Å². The number of aliphatic hydroxyl groups is 1. The molecular formula is C54H95O11P. The van der Waals surface area contributed by atoms with Crippen molar-refractivity contribution < 1.29 is 52.2 Å². The Morgan fingerprint density at radius 3 is 1.24 bits per heavy atom. The lowest BCUT2D eigenvalue weighted by Gasteiger charge is -2.21. The number of phosphoric ester groups is 1. The molecule has 66 heavy (non-hydrogen) atoms. The number of allylic oxidation sites excluding steroid dienone is 10. The third-order valence-electron chi connectivity index (χ3n) is 10.9. The number of hydrogen-bond donors (Lipinski definition) is 2. The van der Waals surface area contributed by atoms with Gasteiger partial charge in [-0.15, -0.1) is 0 Å². The van der Waals surface area contributed by atoms with Gasteiger partial charge in [0.2, 0.25) is 0 Å². The molecule has 0 rings (SSSR count). The van der Waals surface area contributed by atoms with Crippen LogP contribution in [0.15, 0.2) is 60.8 Å². The highest BCUT2D eigenvalue weighted by Gasteiger charge is 2.28. The topological polar surface area (TPSA) is 155 Å². The summed E-state index contributed by atoms with van der Waals surface area (Å²) in [5.41, 5.74) is 0. The zero-order valence-electron chi connectivity index (χ0n) is 41.9. The van der Waals surface area contributed by atoms with Gasteiger partial charge in [-0.1, -0.05) is 165 Å². The molecule has 0 radical (unpaired) electrons. The Kier molecular flexibility index (Phi) is 46.6. The first kappa shape index (κ1) is 63.2. The van der Waals surface area contributed by atoms with Crippen molar-refractivity contribution in [1.29, 1.82) is 0 Å². The van der Waals surface area contributed by atoms with Crippen molar-refractivity contribution in [2.45, 2.75) is 238 Å². The van der Waals surface area contributed by atoms with Crippen LogP contribution in [0.5, 0.6) is 0 Å². The van der Waals surface area contributed by atoms with Gasteiger partial charge in [0.25, 0.3) is 0 Å². The number of rotatable bonds is 48. The molecule has 3 unspecified atom stereocenters. The number of carbonyl (C=O) groups is 3. The molecule has 11 nitrogen and oxygen atoms in total. The number of carbonyl (C=O) groups excluding carboxylic acids is 3. The summed E-state index contributed by atoms with van der Waals surface area (Å²) in [5.74, 6) is -1.52. The minimum Gasteiger partial charge on any atom is -0.462 e. The first-order chi connectivity index (χ1) is 32.2. The van der Waals surface area contributed by atoms with Crippen molar-refractivity contribution in [1.82, 2.24) is 0 Å². The average Bonchev–Trinajstić information content (AvgIpc) is 3.30. The monoisotopic (exact) mass is 951 g/mol. The van der Waals surface area contributed by atoms with Crippen LogP contribution in [0.1, 0.15) is 226 Å². The van der Waals surface area contributed by atoms with Crippen molar-refractivity contribution in [2.75, 3.05) is 26.4 Å². The molecule has 0 saturated heterocycles. The van der Waals surface area contributed by atoms with Gasteiger partial charge in [-0.3, -0.25) is 23.4 Å². The van der Waals surface area contributed by atoms with Crippen molar-refractivity contribution in [3.63, 3.8) is 0 Å². The third kappa shape index (κ3) is 46.3. The summed E-state index contributed by atoms with van der Waals surface area (Å²) >= 11 is 0. The Balaban J connectivity index is 4.78. The van der Waals surface area contributed by atoms with Gasteiger partial charge in [-0.05, 0) is 103 Å². The minimum absolute atomic E-state index is 0.150. The van der Waals surface area contributed by atoms with E-state index in [2.05, 4.69) is 81.5 Å². The summed E-state index contributed by atoms with van der Waals surface area (Å²) in [6.45, 7) is 4.43. The summed E-state index contributed by atoms with van der Waals surface area (Å²) < 4.78 is 39.3. The summed E-state index contributed by atoms with van der Waals surface area (Å²) in [5, 5.41) is 9.77. The number of esters is 3. The molecule has 0 aliphatic heterocycles. The second-order valence-corrected chi connectivity index (χ2v) is 18.8. The van der Waals surface area contributed by atoms with Crippen molar-refractivity contribution in [3.8, 4) is 0 Å². The lowest BCUT2D eigenvalue weighted by Crippen LogP contribution is -2.30. The molecule has 0 heterocycles. The number of ether oxygens (including phenoxy) is 3. The maximum absolute atomic E-state index is 12.8. The van der Waals surface area contributed by atoms with E-state index in [1.807, 2.05) is 0 Å². The summed E-state index contributed by atoms with van der Waals surface area (Å²) in [4.78, 5) is 48.3. The van der Waals surface area contributed by atoms with E-state index in [1.54, 1.807) is 0 Å². The second-order valence-electron chi connectivity index (χ2n) is 17.3. The Hall–Kier alpha value is -2.82. The van der Waals surface area contributed by atoms with E-state index < -0.39 is 57.8 Å². The fraction of sp³-hybridized carbons (Fsp3) is 0.759. The Labute approximate surface area is 402 Å². The zero-order chi connectivity index (χ0) is 48.4. The van der Waals surface area contributed by atoms with E-state index in [4.69, 9.17) is 23.3 Å².